The van der Waals surface area contributed by atoms with E-state index in [4.69, 9.17) is 4.74 Å². The van der Waals surface area contributed by atoms with Crippen molar-refractivity contribution in [2.24, 2.45) is 0 Å². The van der Waals surface area contributed by atoms with Crippen LogP contribution in [-0.4, -0.2) is 16.9 Å². The first-order valence-electron chi connectivity index (χ1n) is 12.5. The maximum absolute atomic E-state index is 13.7. The fourth-order valence-corrected chi connectivity index (χ4v) is 5.07. The highest BCUT2D eigenvalue weighted by Crippen LogP contribution is 2.45. The number of Topliss-reactive ketones (excluding diaryl/α,β-unsaturated/α-hetero) is 1. The molecule has 4 aromatic carbocycles. The van der Waals surface area contributed by atoms with Gasteiger partial charge in [-0.05, 0) is 23.1 Å². The van der Waals surface area contributed by atoms with Crippen molar-refractivity contribution < 1.29 is 19.4 Å². The van der Waals surface area contributed by atoms with Crippen LogP contribution in [0.15, 0.2) is 133 Å². The second-order valence-electron chi connectivity index (χ2n) is 9.29. The van der Waals surface area contributed by atoms with Crippen LogP contribution in [0.1, 0.15) is 41.0 Å². The summed E-state index contributed by atoms with van der Waals surface area (Å²) in [6.07, 6.45) is 0.910. The van der Waals surface area contributed by atoms with Crippen molar-refractivity contribution in [2.45, 2.75) is 30.8 Å². The number of cyclic esters (lactones) is 1. The van der Waals surface area contributed by atoms with Gasteiger partial charge in [-0.3, -0.25) is 4.79 Å². The van der Waals surface area contributed by atoms with Crippen molar-refractivity contribution in [3.63, 3.8) is 0 Å². The molecule has 0 radical (unpaired) electrons. The maximum atomic E-state index is 13.7. The van der Waals surface area contributed by atoms with E-state index in [1.807, 2.05) is 121 Å². The summed E-state index contributed by atoms with van der Waals surface area (Å²) in [7, 11) is 0. The van der Waals surface area contributed by atoms with Gasteiger partial charge >= 0.3 is 5.97 Å². The van der Waals surface area contributed by atoms with Crippen LogP contribution in [0.3, 0.4) is 0 Å². The van der Waals surface area contributed by atoms with Crippen LogP contribution in [0.2, 0.25) is 0 Å². The highest BCUT2D eigenvalue weighted by atomic mass is 16.6. The van der Waals surface area contributed by atoms with E-state index in [1.165, 1.54) is 0 Å². The highest BCUT2D eigenvalue weighted by molar-refractivity contribution is 6.19. The Morgan fingerprint density at radius 3 is 1.76 bits per heavy atom. The predicted molar refractivity (Wildman–Crippen MR) is 143 cm³/mol. The molecule has 0 saturated carbocycles. The number of rotatable bonds is 9. The van der Waals surface area contributed by atoms with Gasteiger partial charge in [-0.25, -0.2) is 4.79 Å². The lowest BCUT2D eigenvalue weighted by molar-refractivity contribution is -0.150. The standard InChI is InChI=1S/C33H28O4/c34-29(23-28(25-15-7-2-8-16-25)26-17-9-3-10-18-26)30-31(35)33(37-32(30)36,27-19-11-4-12-20-27)22-21-24-13-5-1-6-14-24/h1-20,28,35H,21-23H2. The fraction of sp³-hybridized carbons (Fsp3) is 0.152. The molecule has 1 heterocycles. The lowest BCUT2D eigenvalue weighted by atomic mass is 9.83. The average molecular weight is 489 g/mol. The summed E-state index contributed by atoms with van der Waals surface area (Å²) in [5.74, 6) is -1.78. The number of aliphatic hydroxyl groups is 1. The largest absolute Gasteiger partial charge is 0.507 e. The van der Waals surface area contributed by atoms with Crippen LogP contribution in [0.4, 0.5) is 0 Å². The molecule has 5 rings (SSSR count). The number of aliphatic hydroxyl groups excluding tert-OH is 1. The molecule has 37 heavy (non-hydrogen) atoms. The smallest absolute Gasteiger partial charge is 0.346 e. The van der Waals surface area contributed by atoms with Crippen molar-refractivity contribution in [3.8, 4) is 0 Å². The molecule has 1 N–H and O–H groups in total. The molecule has 4 nitrogen and oxygen atoms in total. The number of ether oxygens (including phenoxy) is 1. The predicted octanol–water partition coefficient (Wildman–Crippen LogP) is 6.67. The quantitative estimate of drug-likeness (QED) is 0.211. The Morgan fingerprint density at radius 2 is 1.22 bits per heavy atom. The molecule has 0 aromatic heterocycles. The topological polar surface area (TPSA) is 63.6 Å². The van der Waals surface area contributed by atoms with Gasteiger partial charge in [0.1, 0.15) is 5.57 Å². The van der Waals surface area contributed by atoms with Gasteiger partial charge in [-0.15, -0.1) is 0 Å². The van der Waals surface area contributed by atoms with E-state index in [9.17, 15) is 14.7 Å². The Kier molecular flexibility index (Phi) is 7.00. The third-order valence-electron chi connectivity index (χ3n) is 7.01. The molecular weight excluding hydrogens is 460 g/mol. The summed E-state index contributed by atoms with van der Waals surface area (Å²) in [4.78, 5) is 26.9. The van der Waals surface area contributed by atoms with E-state index in [0.717, 1.165) is 16.7 Å². The van der Waals surface area contributed by atoms with E-state index in [-0.39, 0.29) is 23.7 Å². The van der Waals surface area contributed by atoms with Crippen molar-refractivity contribution in [1.82, 2.24) is 0 Å². The SMILES string of the molecule is O=C(CC(c1ccccc1)c1ccccc1)C1=C(O)C(CCc2ccccc2)(c2ccccc2)OC1=O. The van der Waals surface area contributed by atoms with E-state index >= 15 is 0 Å². The molecule has 4 aromatic rings. The van der Waals surface area contributed by atoms with Crippen LogP contribution in [0.5, 0.6) is 0 Å². The van der Waals surface area contributed by atoms with Crippen LogP contribution in [-0.2, 0) is 26.3 Å². The van der Waals surface area contributed by atoms with Crippen molar-refractivity contribution >= 4 is 11.8 Å². The van der Waals surface area contributed by atoms with Crippen LogP contribution in [0.25, 0.3) is 0 Å². The van der Waals surface area contributed by atoms with E-state index in [0.29, 0.717) is 18.4 Å². The van der Waals surface area contributed by atoms with Gasteiger partial charge in [0.25, 0.3) is 0 Å². The van der Waals surface area contributed by atoms with Crippen LogP contribution >= 0.6 is 0 Å². The van der Waals surface area contributed by atoms with E-state index in [2.05, 4.69) is 0 Å². The van der Waals surface area contributed by atoms with Crippen molar-refractivity contribution in [3.05, 3.63) is 155 Å². The summed E-state index contributed by atoms with van der Waals surface area (Å²) >= 11 is 0. The molecule has 1 unspecified atom stereocenters. The Balaban J connectivity index is 1.51. The van der Waals surface area contributed by atoms with Crippen molar-refractivity contribution in [1.29, 1.82) is 0 Å². The van der Waals surface area contributed by atoms with Gasteiger partial charge in [0.15, 0.2) is 17.1 Å². The van der Waals surface area contributed by atoms with E-state index in [1.54, 1.807) is 0 Å². The lowest BCUT2D eigenvalue weighted by Gasteiger charge is -2.29. The summed E-state index contributed by atoms with van der Waals surface area (Å²) in [5, 5.41) is 11.5. The summed E-state index contributed by atoms with van der Waals surface area (Å²) in [6, 6.07) is 38.5. The zero-order valence-corrected chi connectivity index (χ0v) is 20.4. The summed E-state index contributed by atoms with van der Waals surface area (Å²) < 4.78 is 5.91. The molecule has 1 atom stereocenters. The lowest BCUT2D eigenvalue weighted by Crippen LogP contribution is -2.30. The molecule has 0 amide bonds. The number of hydrogen-bond donors (Lipinski definition) is 1. The minimum absolute atomic E-state index is 0.0338. The first-order chi connectivity index (χ1) is 18.1. The molecule has 0 bridgehead atoms. The maximum Gasteiger partial charge on any atom is 0.346 e. The van der Waals surface area contributed by atoms with Crippen LogP contribution < -0.4 is 0 Å². The van der Waals surface area contributed by atoms with Gasteiger partial charge in [0.05, 0.1) is 0 Å². The van der Waals surface area contributed by atoms with Crippen LogP contribution in [0, 0.1) is 0 Å². The second-order valence-corrected chi connectivity index (χ2v) is 9.29. The van der Waals surface area contributed by atoms with Gasteiger partial charge in [-0.1, -0.05) is 121 Å². The zero-order chi connectivity index (χ0) is 25.7. The van der Waals surface area contributed by atoms with Gasteiger partial charge in [0, 0.05) is 24.3 Å². The number of aryl methyl sites for hydroxylation is 1. The Labute approximate surface area is 216 Å². The monoisotopic (exact) mass is 488 g/mol. The third kappa shape index (κ3) is 4.96. The first-order valence-corrected chi connectivity index (χ1v) is 12.5. The molecule has 0 fully saturated rings. The molecule has 1 aliphatic rings. The number of esters is 1. The first kappa shape index (κ1) is 24.3. The zero-order valence-electron chi connectivity index (χ0n) is 20.4. The Morgan fingerprint density at radius 1 is 0.730 bits per heavy atom. The van der Waals surface area contributed by atoms with Gasteiger partial charge in [0.2, 0.25) is 0 Å². The molecule has 0 aliphatic carbocycles. The normalized spacial score (nSPS) is 17.2. The molecule has 1 aliphatic heterocycles. The molecule has 0 spiro atoms. The second kappa shape index (κ2) is 10.7. The van der Waals surface area contributed by atoms with E-state index < -0.39 is 17.4 Å². The highest BCUT2D eigenvalue weighted by Gasteiger charge is 2.51. The van der Waals surface area contributed by atoms with Gasteiger partial charge in [-0.2, -0.15) is 0 Å². The number of carbonyl (C=O) groups excluding carboxylic acids is 2. The Bertz CT molecular complexity index is 1360. The number of benzene rings is 4. The number of ketones is 1. The number of hydrogen-bond acceptors (Lipinski definition) is 4. The minimum atomic E-state index is -1.41. The summed E-state index contributed by atoms with van der Waals surface area (Å²) in [6.45, 7) is 0. The fourth-order valence-electron chi connectivity index (χ4n) is 5.07. The molecule has 0 saturated heterocycles. The summed E-state index contributed by atoms with van der Waals surface area (Å²) in [5.41, 5.74) is 1.96. The molecule has 184 valence electrons. The van der Waals surface area contributed by atoms with Gasteiger partial charge < -0.3 is 9.84 Å². The minimum Gasteiger partial charge on any atom is -0.507 e. The third-order valence-corrected chi connectivity index (χ3v) is 7.01. The molecular formula is C33H28O4. The van der Waals surface area contributed by atoms with Crippen molar-refractivity contribution in [2.75, 3.05) is 0 Å². The average Bonchev–Trinajstić information content (AvgIpc) is 3.22. The number of carbonyl (C=O) groups is 2. The Hall–Kier alpha value is -4.44. The molecule has 4 heteroatoms.